The summed E-state index contributed by atoms with van der Waals surface area (Å²) in [6, 6.07) is -0.572. The first-order valence-electron chi connectivity index (χ1n) is 7.18. The summed E-state index contributed by atoms with van der Waals surface area (Å²) in [7, 11) is 0. The van der Waals surface area contributed by atoms with E-state index in [9.17, 15) is 19.5 Å². The lowest BCUT2D eigenvalue weighted by Gasteiger charge is -2.33. The zero-order valence-electron chi connectivity index (χ0n) is 11.7. The molecule has 20 heavy (non-hydrogen) atoms. The van der Waals surface area contributed by atoms with E-state index >= 15 is 0 Å². The number of thioether (sulfide) groups is 1. The van der Waals surface area contributed by atoms with E-state index in [1.54, 1.807) is 4.90 Å². The van der Waals surface area contributed by atoms with Crippen LogP contribution < -0.4 is 0 Å². The number of carbonyl (C=O) groups is 3. The molecule has 2 rings (SSSR count). The Balaban J connectivity index is 2.02. The number of fused-ring (bicyclic) bond motifs is 1. The van der Waals surface area contributed by atoms with Crippen LogP contribution in [0.3, 0.4) is 0 Å². The van der Waals surface area contributed by atoms with Crippen molar-refractivity contribution in [1.82, 2.24) is 4.90 Å². The standard InChI is InChI=1S/C14H21NO4S/c1-9(16)20-7-6-13(17)15-11-5-3-2-4-10(11)8-12(15)14(18)19/h10-12H,2-8H2,1H3,(H,18,19)/t10-,11-,12-/m1/s1. The Morgan fingerprint density at radius 3 is 2.60 bits per heavy atom. The molecule has 0 spiro atoms. The summed E-state index contributed by atoms with van der Waals surface area (Å²) in [5.74, 6) is -0.226. The van der Waals surface area contributed by atoms with Crippen molar-refractivity contribution >= 4 is 28.8 Å². The number of amides is 1. The van der Waals surface area contributed by atoms with Gasteiger partial charge in [0, 0.05) is 25.1 Å². The number of carboxylic acids is 1. The van der Waals surface area contributed by atoms with Crippen LogP contribution in [-0.4, -0.2) is 44.8 Å². The summed E-state index contributed by atoms with van der Waals surface area (Å²) < 4.78 is 0. The molecule has 1 aliphatic carbocycles. The molecule has 0 unspecified atom stereocenters. The third-order valence-corrected chi connectivity index (χ3v) is 5.10. The summed E-state index contributed by atoms with van der Waals surface area (Å²) in [6.45, 7) is 1.47. The third kappa shape index (κ3) is 3.34. The van der Waals surface area contributed by atoms with Gasteiger partial charge < -0.3 is 10.0 Å². The van der Waals surface area contributed by atoms with E-state index in [1.165, 1.54) is 6.92 Å². The predicted octanol–water partition coefficient (Wildman–Crippen LogP) is 1.90. The number of carboxylic acid groups (broad SMARTS) is 1. The number of rotatable bonds is 4. The Morgan fingerprint density at radius 2 is 1.95 bits per heavy atom. The Hall–Kier alpha value is -1.04. The van der Waals surface area contributed by atoms with Gasteiger partial charge in [-0.25, -0.2) is 4.79 Å². The lowest BCUT2D eigenvalue weighted by molar-refractivity contribution is -0.149. The highest BCUT2D eigenvalue weighted by Crippen LogP contribution is 2.40. The van der Waals surface area contributed by atoms with Gasteiger partial charge in [-0.2, -0.15) is 0 Å². The van der Waals surface area contributed by atoms with Crippen molar-refractivity contribution in [2.75, 3.05) is 5.75 Å². The van der Waals surface area contributed by atoms with Gasteiger partial charge in [0.05, 0.1) is 0 Å². The molecule has 112 valence electrons. The van der Waals surface area contributed by atoms with Crippen molar-refractivity contribution in [3.05, 3.63) is 0 Å². The molecule has 1 N–H and O–H groups in total. The molecule has 2 fully saturated rings. The molecule has 0 bridgehead atoms. The van der Waals surface area contributed by atoms with Gasteiger partial charge in [-0.3, -0.25) is 9.59 Å². The number of aliphatic carboxylic acids is 1. The maximum atomic E-state index is 12.3. The molecule has 0 aromatic carbocycles. The van der Waals surface area contributed by atoms with Crippen LogP contribution >= 0.6 is 11.8 Å². The quantitative estimate of drug-likeness (QED) is 0.858. The van der Waals surface area contributed by atoms with Gasteiger partial charge in [-0.15, -0.1) is 0 Å². The van der Waals surface area contributed by atoms with Crippen molar-refractivity contribution in [3.8, 4) is 0 Å². The van der Waals surface area contributed by atoms with Crippen molar-refractivity contribution in [1.29, 1.82) is 0 Å². The first kappa shape index (κ1) is 15.4. The molecular formula is C14H21NO4S. The lowest BCUT2D eigenvalue weighted by Crippen LogP contribution is -2.46. The second-order valence-corrected chi connectivity index (χ2v) is 6.86. The topological polar surface area (TPSA) is 74.7 Å². The monoisotopic (exact) mass is 299 g/mol. The highest BCUT2D eigenvalue weighted by molar-refractivity contribution is 8.13. The molecule has 2 aliphatic rings. The Morgan fingerprint density at radius 1 is 1.25 bits per heavy atom. The Bertz CT molecular complexity index is 412. The largest absolute Gasteiger partial charge is 0.480 e. The number of hydrogen-bond acceptors (Lipinski definition) is 4. The van der Waals surface area contributed by atoms with Crippen molar-refractivity contribution < 1.29 is 19.5 Å². The summed E-state index contributed by atoms with van der Waals surface area (Å²) >= 11 is 1.12. The molecule has 1 saturated carbocycles. The molecule has 1 saturated heterocycles. The average Bonchev–Trinajstić information content (AvgIpc) is 2.77. The summed E-state index contributed by atoms with van der Waals surface area (Å²) in [6.07, 6.45) is 4.98. The van der Waals surface area contributed by atoms with Gasteiger partial charge in [0.2, 0.25) is 5.91 Å². The molecule has 3 atom stereocenters. The first-order valence-corrected chi connectivity index (χ1v) is 8.16. The van der Waals surface area contributed by atoms with E-state index in [-0.39, 0.29) is 23.5 Å². The van der Waals surface area contributed by atoms with Crippen LogP contribution in [0, 0.1) is 5.92 Å². The van der Waals surface area contributed by atoms with Gasteiger partial charge >= 0.3 is 5.97 Å². The molecule has 5 nitrogen and oxygen atoms in total. The van der Waals surface area contributed by atoms with Crippen molar-refractivity contribution in [3.63, 3.8) is 0 Å². The van der Waals surface area contributed by atoms with Gasteiger partial charge in [0.1, 0.15) is 6.04 Å². The van der Waals surface area contributed by atoms with Gasteiger partial charge in [-0.1, -0.05) is 24.6 Å². The van der Waals surface area contributed by atoms with Crippen LogP contribution in [0.1, 0.15) is 45.4 Å². The minimum Gasteiger partial charge on any atom is -0.480 e. The second-order valence-electron chi connectivity index (χ2n) is 5.59. The fraction of sp³-hybridized carbons (Fsp3) is 0.786. The summed E-state index contributed by atoms with van der Waals surface area (Å²) in [4.78, 5) is 36.2. The Kier molecular flexibility index (Phi) is 5.07. The minimum absolute atomic E-state index is 0.00968. The highest BCUT2D eigenvalue weighted by Gasteiger charge is 2.47. The molecule has 0 aromatic heterocycles. The zero-order chi connectivity index (χ0) is 14.7. The molecule has 0 radical (unpaired) electrons. The summed E-state index contributed by atoms with van der Waals surface area (Å²) in [5, 5.41) is 9.33. The maximum absolute atomic E-state index is 12.3. The lowest BCUT2D eigenvalue weighted by atomic mass is 9.84. The molecule has 0 aromatic rings. The first-order chi connectivity index (χ1) is 9.50. The molecule has 6 heteroatoms. The Labute approximate surface area is 123 Å². The highest BCUT2D eigenvalue weighted by atomic mass is 32.2. The van der Waals surface area contributed by atoms with Gasteiger partial charge in [-0.05, 0) is 25.2 Å². The van der Waals surface area contributed by atoms with Crippen LogP contribution in [-0.2, 0) is 14.4 Å². The second kappa shape index (κ2) is 6.61. The predicted molar refractivity (Wildman–Crippen MR) is 76.4 cm³/mol. The summed E-state index contributed by atoms with van der Waals surface area (Å²) in [5.41, 5.74) is 0. The average molecular weight is 299 g/mol. The fourth-order valence-electron chi connectivity index (χ4n) is 3.45. The molecule has 1 aliphatic heterocycles. The van der Waals surface area contributed by atoms with Gasteiger partial charge in [0.15, 0.2) is 5.12 Å². The fourth-order valence-corrected chi connectivity index (χ4v) is 4.01. The van der Waals surface area contributed by atoms with Gasteiger partial charge in [0.25, 0.3) is 0 Å². The van der Waals surface area contributed by atoms with Crippen LogP contribution in [0.2, 0.25) is 0 Å². The smallest absolute Gasteiger partial charge is 0.326 e. The molecule has 1 amide bonds. The molecule has 1 heterocycles. The SMILES string of the molecule is CC(=O)SCCC(=O)N1[C@@H](C(=O)O)C[C@H]2CCCC[C@H]21. The van der Waals surface area contributed by atoms with E-state index in [0.717, 1.165) is 37.4 Å². The van der Waals surface area contributed by atoms with Crippen LogP contribution in [0.15, 0.2) is 0 Å². The number of nitrogens with zero attached hydrogens (tertiary/aromatic N) is 1. The van der Waals surface area contributed by atoms with Crippen LogP contribution in [0.25, 0.3) is 0 Å². The number of carbonyl (C=O) groups excluding carboxylic acids is 2. The number of hydrogen-bond donors (Lipinski definition) is 1. The van der Waals surface area contributed by atoms with Crippen molar-refractivity contribution in [2.24, 2.45) is 5.92 Å². The van der Waals surface area contributed by atoms with Crippen molar-refractivity contribution in [2.45, 2.75) is 57.5 Å². The van der Waals surface area contributed by atoms with Crippen LogP contribution in [0.4, 0.5) is 0 Å². The van der Waals surface area contributed by atoms with Crippen LogP contribution in [0.5, 0.6) is 0 Å². The maximum Gasteiger partial charge on any atom is 0.326 e. The van der Waals surface area contributed by atoms with E-state index in [4.69, 9.17) is 0 Å². The van der Waals surface area contributed by atoms with E-state index in [0.29, 0.717) is 18.1 Å². The van der Waals surface area contributed by atoms with E-state index < -0.39 is 12.0 Å². The number of likely N-dealkylation sites (tertiary alicyclic amines) is 1. The molecular weight excluding hydrogens is 278 g/mol. The normalized spacial score (nSPS) is 29.1. The minimum atomic E-state index is -0.896. The zero-order valence-corrected chi connectivity index (χ0v) is 12.5. The van der Waals surface area contributed by atoms with E-state index in [2.05, 4.69) is 0 Å². The third-order valence-electron chi connectivity index (χ3n) is 4.28. The van der Waals surface area contributed by atoms with E-state index in [1.807, 2.05) is 0 Å².